The topological polar surface area (TPSA) is 59.6 Å². The molecule has 0 fully saturated rings. The summed E-state index contributed by atoms with van der Waals surface area (Å²) in [6.45, 7) is 7.22. The van der Waals surface area contributed by atoms with Gasteiger partial charge in [0, 0.05) is 32.8 Å². The molecule has 0 unspecified atom stereocenters. The van der Waals surface area contributed by atoms with Crippen molar-refractivity contribution >= 4 is 5.91 Å². The lowest BCUT2D eigenvalue weighted by Crippen LogP contribution is -2.25. The van der Waals surface area contributed by atoms with Gasteiger partial charge in [0.2, 0.25) is 5.91 Å². The number of nitrogens with one attached hydrogen (secondary N) is 2. The molecule has 0 saturated carbocycles. The van der Waals surface area contributed by atoms with Crippen molar-refractivity contribution in [3.8, 4) is 0 Å². The van der Waals surface area contributed by atoms with Crippen molar-refractivity contribution in [1.82, 2.24) is 10.6 Å². The van der Waals surface area contributed by atoms with Crippen molar-refractivity contribution in [3.63, 3.8) is 0 Å². The highest BCUT2D eigenvalue weighted by molar-refractivity contribution is 5.87. The van der Waals surface area contributed by atoms with E-state index >= 15 is 0 Å². The zero-order chi connectivity index (χ0) is 12.9. The third-order valence-corrected chi connectivity index (χ3v) is 1.87. The van der Waals surface area contributed by atoms with Gasteiger partial charge in [-0.05, 0) is 13.8 Å². The van der Waals surface area contributed by atoms with E-state index in [0.29, 0.717) is 26.3 Å². The van der Waals surface area contributed by atoms with Gasteiger partial charge in [-0.15, -0.1) is 0 Å². The van der Waals surface area contributed by atoms with Gasteiger partial charge in [-0.3, -0.25) is 4.79 Å². The molecular formula is C12H24N2O3. The molecule has 0 bridgehead atoms. The van der Waals surface area contributed by atoms with Crippen molar-refractivity contribution in [1.29, 1.82) is 0 Å². The van der Waals surface area contributed by atoms with Gasteiger partial charge in [-0.2, -0.15) is 0 Å². The van der Waals surface area contributed by atoms with Gasteiger partial charge in [0.15, 0.2) is 0 Å². The molecule has 0 rings (SSSR count). The standard InChI is InChI=1S/C12H24N2O3/c1-11(2)17-10-7-13-6-4-5-12(15)14-8-9-16-3/h4-5,11,13H,6-10H2,1-3H3,(H,14,15)/b5-4+. The largest absolute Gasteiger partial charge is 0.383 e. The average molecular weight is 244 g/mol. The molecule has 2 N–H and O–H groups in total. The second-order valence-corrected chi connectivity index (χ2v) is 3.81. The zero-order valence-corrected chi connectivity index (χ0v) is 11.0. The Kier molecular flexibility index (Phi) is 11.0. The molecule has 0 aromatic rings. The fourth-order valence-corrected chi connectivity index (χ4v) is 1.05. The maximum absolute atomic E-state index is 11.2. The number of hydrogen-bond donors (Lipinski definition) is 2. The zero-order valence-electron chi connectivity index (χ0n) is 11.0. The summed E-state index contributed by atoms with van der Waals surface area (Å²) in [6, 6.07) is 0. The molecule has 0 aromatic heterocycles. The maximum Gasteiger partial charge on any atom is 0.243 e. The van der Waals surface area contributed by atoms with E-state index in [-0.39, 0.29) is 12.0 Å². The Hall–Kier alpha value is -0.910. The van der Waals surface area contributed by atoms with Crippen molar-refractivity contribution in [2.24, 2.45) is 0 Å². The smallest absolute Gasteiger partial charge is 0.243 e. The molecule has 0 atom stereocenters. The van der Waals surface area contributed by atoms with Crippen LogP contribution in [0.1, 0.15) is 13.8 Å². The van der Waals surface area contributed by atoms with Gasteiger partial charge < -0.3 is 20.1 Å². The van der Waals surface area contributed by atoms with Crippen LogP contribution in [0.5, 0.6) is 0 Å². The summed E-state index contributed by atoms with van der Waals surface area (Å²) in [4.78, 5) is 11.2. The first-order valence-electron chi connectivity index (χ1n) is 5.92. The predicted octanol–water partition coefficient (Wildman–Crippen LogP) is 0.320. The molecule has 1 amide bonds. The number of methoxy groups -OCH3 is 1. The normalized spacial score (nSPS) is 11.3. The Morgan fingerprint density at radius 3 is 2.71 bits per heavy atom. The quantitative estimate of drug-likeness (QED) is 0.429. The van der Waals surface area contributed by atoms with E-state index in [9.17, 15) is 4.79 Å². The molecule has 0 heterocycles. The van der Waals surface area contributed by atoms with E-state index in [2.05, 4.69) is 10.6 Å². The van der Waals surface area contributed by atoms with Gasteiger partial charge in [-0.25, -0.2) is 0 Å². The van der Waals surface area contributed by atoms with E-state index in [1.807, 2.05) is 13.8 Å². The molecule has 0 saturated heterocycles. The minimum Gasteiger partial charge on any atom is -0.383 e. The number of amides is 1. The Bertz CT molecular complexity index is 218. The van der Waals surface area contributed by atoms with Crippen LogP contribution in [0, 0.1) is 0 Å². The summed E-state index contributed by atoms with van der Waals surface area (Å²) < 4.78 is 10.2. The minimum absolute atomic E-state index is 0.0951. The molecule has 17 heavy (non-hydrogen) atoms. The third-order valence-electron chi connectivity index (χ3n) is 1.87. The molecule has 0 aliphatic rings. The molecule has 0 aromatic carbocycles. The number of carbonyl (C=O) groups is 1. The third kappa shape index (κ3) is 13.0. The first-order valence-corrected chi connectivity index (χ1v) is 5.92. The van der Waals surface area contributed by atoms with Gasteiger partial charge >= 0.3 is 0 Å². The highest BCUT2D eigenvalue weighted by Gasteiger charge is 1.93. The molecule has 0 aliphatic carbocycles. The number of rotatable bonds is 10. The summed E-state index contributed by atoms with van der Waals surface area (Å²) >= 11 is 0. The molecular weight excluding hydrogens is 220 g/mol. The van der Waals surface area contributed by atoms with E-state index in [0.717, 1.165) is 6.54 Å². The van der Waals surface area contributed by atoms with E-state index in [4.69, 9.17) is 9.47 Å². The highest BCUT2D eigenvalue weighted by Crippen LogP contribution is 1.84. The van der Waals surface area contributed by atoms with Crippen LogP contribution in [0.25, 0.3) is 0 Å². The van der Waals surface area contributed by atoms with E-state index < -0.39 is 0 Å². The number of hydrogen-bond acceptors (Lipinski definition) is 4. The number of ether oxygens (including phenoxy) is 2. The Labute approximate surface area is 104 Å². The fraction of sp³-hybridized carbons (Fsp3) is 0.750. The van der Waals surface area contributed by atoms with Crippen molar-refractivity contribution < 1.29 is 14.3 Å². The fourth-order valence-electron chi connectivity index (χ4n) is 1.05. The molecule has 0 radical (unpaired) electrons. The van der Waals surface area contributed by atoms with Crippen LogP contribution in [-0.4, -0.2) is 52.0 Å². The van der Waals surface area contributed by atoms with Crippen LogP contribution in [0.3, 0.4) is 0 Å². The molecule has 0 aliphatic heterocycles. The van der Waals surface area contributed by atoms with Crippen LogP contribution in [0.15, 0.2) is 12.2 Å². The first kappa shape index (κ1) is 16.1. The van der Waals surface area contributed by atoms with Gasteiger partial charge in [-0.1, -0.05) is 6.08 Å². The Morgan fingerprint density at radius 1 is 1.29 bits per heavy atom. The lowest BCUT2D eigenvalue weighted by Gasteiger charge is -2.06. The second kappa shape index (κ2) is 11.6. The first-order chi connectivity index (χ1) is 8.16. The minimum atomic E-state index is -0.0951. The summed E-state index contributed by atoms with van der Waals surface area (Å²) in [5, 5.41) is 5.84. The summed E-state index contributed by atoms with van der Waals surface area (Å²) in [6.07, 6.45) is 3.57. The van der Waals surface area contributed by atoms with Crippen LogP contribution in [-0.2, 0) is 14.3 Å². The van der Waals surface area contributed by atoms with Crippen molar-refractivity contribution in [2.45, 2.75) is 20.0 Å². The van der Waals surface area contributed by atoms with Crippen LogP contribution < -0.4 is 10.6 Å². The lowest BCUT2D eigenvalue weighted by atomic mass is 10.4. The maximum atomic E-state index is 11.2. The molecule has 100 valence electrons. The molecule has 5 nitrogen and oxygen atoms in total. The molecule has 0 spiro atoms. The van der Waals surface area contributed by atoms with Crippen molar-refractivity contribution in [3.05, 3.63) is 12.2 Å². The Balaban J connectivity index is 3.31. The predicted molar refractivity (Wildman–Crippen MR) is 68.0 cm³/mol. The highest BCUT2D eigenvalue weighted by atomic mass is 16.5. The summed E-state index contributed by atoms with van der Waals surface area (Å²) in [7, 11) is 1.60. The summed E-state index contributed by atoms with van der Waals surface area (Å²) in [5.74, 6) is -0.0951. The lowest BCUT2D eigenvalue weighted by molar-refractivity contribution is -0.116. The van der Waals surface area contributed by atoms with Crippen LogP contribution >= 0.6 is 0 Å². The van der Waals surface area contributed by atoms with E-state index in [1.165, 1.54) is 6.08 Å². The Morgan fingerprint density at radius 2 is 2.06 bits per heavy atom. The van der Waals surface area contributed by atoms with Gasteiger partial charge in [0.05, 0.1) is 19.3 Å². The second-order valence-electron chi connectivity index (χ2n) is 3.81. The van der Waals surface area contributed by atoms with Gasteiger partial charge in [0.1, 0.15) is 0 Å². The number of carbonyl (C=O) groups excluding carboxylic acids is 1. The van der Waals surface area contributed by atoms with E-state index in [1.54, 1.807) is 13.2 Å². The molecule has 5 heteroatoms. The summed E-state index contributed by atoms with van der Waals surface area (Å²) in [5.41, 5.74) is 0. The average Bonchev–Trinajstić information content (AvgIpc) is 2.28. The van der Waals surface area contributed by atoms with Gasteiger partial charge in [0.25, 0.3) is 0 Å². The van der Waals surface area contributed by atoms with Crippen molar-refractivity contribution in [2.75, 3.05) is 40.0 Å². The SMILES string of the molecule is COCCNC(=O)/C=C/CNCCOC(C)C. The monoisotopic (exact) mass is 244 g/mol. The van der Waals surface area contributed by atoms with Crippen LogP contribution in [0.2, 0.25) is 0 Å². The van der Waals surface area contributed by atoms with Crippen LogP contribution in [0.4, 0.5) is 0 Å².